The second kappa shape index (κ2) is 7.01. The first-order valence-electron chi connectivity index (χ1n) is 8.19. The maximum absolute atomic E-state index is 10.7. The quantitative estimate of drug-likeness (QED) is 0.620. The third kappa shape index (κ3) is 3.41. The van der Waals surface area contributed by atoms with Crippen LogP contribution in [0.1, 0.15) is 29.2 Å². The molecule has 1 aliphatic rings. The van der Waals surface area contributed by atoms with Crippen LogP contribution in [-0.4, -0.2) is 30.5 Å². The van der Waals surface area contributed by atoms with Crippen LogP contribution in [0.25, 0.3) is 0 Å². The number of hydrogen-bond donors (Lipinski definition) is 0. The lowest BCUT2D eigenvalue weighted by molar-refractivity contribution is -0.384. The van der Waals surface area contributed by atoms with Gasteiger partial charge in [-0.05, 0) is 55.1 Å². The van der Waals surface area contributed by atoms with E-state index in [9.17, 15) is 10.1 Å². The SMILES string of the molecule is COc1ccc2c(c1)CCN(C)C2CCc1ccc([N+](=O)[O-])cc1. The zero-order valence-electron chi connectivity index (χ0n) is 14.1. The summed E-state index contributed by atoms with van der Waals surface area (Å²) in [6.45, 7) is 1.03. The van der Waals surface area contributed by atoms with Gasteiger partial charge in [0.2, 0.25) is 0 Å². The summed E-state index contributed by atoms with van der Waals surface area (Å²) < 4.78 is 5.33. The minimum Gasteiger partial charge on any atom is -0.497 e. The summed E-state index contributed by atoms with van der Waals surface area (Å²) in [5.41, 5.74) is 4.01. The number of rotatable bonds is 5. The maximum Gasteiger partial charge on any atom is 0.269 e. The van der Waals surface area contributed by atoms with Gasteiger partial charge in [-0.3, -0.25) is 15.0 Å². The molecule has 1 heterocycles. The second-order valence-electron chi connectivity index (χ2n) is 6.27. The molecule has 5 nitrogen and oxygen atoms in total. The smallest absolute Gasteiger partial charge is 0.269 e. The molecule has 0 aromatic heterocycles. The Morgan fingerprint density at radius 2 is 2.00 bits per heavy atom. The Bertz CT molecular complexity index is 728. The topological polar surface area (TPSA) is 55.6 Å². The van der Waals surface area contributed by atoms with Crippen LogP contribution in [0.2, 0.25) is 0 Å². The van der Waals surface area contributed by atoms with Gasteiger partial charge in [-0.2, -0.15) is 0 Å². The van der Waals surface area contributed by atoms with Gasteiger partial charge in [0.25, 0.3) is 5.69 Å². The zero-order valence-corrected chi connectivity index (χ0v) is 14.1. The van der Waals surface area contributed by atoms with Crippen molar-refractivity contribution in [1.82, 2.24) is 4.90 Å². The second-order valence-corrected chi connectivity index (χ2v) is 6.27. The van der Waals surface area contributed by atoms with E-state index in [1.165, 1.54) is 11.1 Å². The van der Waals surface area contributed by atoms with Crippen molar-refractivity contribution < 1.29 is 9.66 Å². The van der Waals surface area contributed by atoms with Crippen molar-refractivity contribution in [1.29, 1.82) is 0 Å². The summed E-state index contributed by atoms with van der Waals surface area (Å²) in [5, 5.41) is 10.7. The molecule has 0 saturated carbocycles. The first-order chi connectivity index (χ1) is 11.6. The lowest BCUT2D eigenvalue weighted by Gasteiger charge is -2.35. The van der Waals surface area contributed by atoms with Gasteiger partial charge in [-0.1, -0.05) is 18.2 Å². The molecule has 0 N–H and O–H groups in total. The van der Waals surface area contributed by atoms with Crippen molar-refractivity contribution in [2.45, 2.75) is 25.3 Å². The fraction of sp³-hybridized carbons (Fsp3) is 0.368. The first kappa shape index (κ1) is 16.5. The van der Waals surface area contributed by atoms with E-state index >= 15 is 0 Å². The number of likely N-dealkylation sites (N-methyl/N-ethyl adjacent to an activating group) is 1. The van der Waals surface area contributed by atoms with Gasteiger partial charge in [0.1, 0.15) is 5.75 Å². The van der Waals surface area contributed by atoms with Crippen LogP contribution in [0.5, 0.6) is 5.75 Å². The number of nitro benzene ring substituents is 1. The number of ether oxygens (including phenoxy) is 1. The molecule has 5 heteroatoms. The molecule has 0 spiro atoms. The summed E-state index contributed by atoms with van der Waals surface area (Å²) >= 11 is 0. The van der Waals surface area contributed by atoms with Gasteiger partial charge in [0.05, 0.1) is 12.0 Å². The van der Waals surface area contributed by atoms with E-state index in [0.717, 1.165) is 37.1 Å². The van der Waals surface area contributed by atoms with E-state index in [2.05, 4.69) is 24.1 Å². The number of benzene rings is 2. The molecule has 0 radical (unpaired) electrons. The summed E-state index contributed by atoms with van der Waals surface area (Å²) in [6, 6.07) is 13.6. The Hall–Kier alpha value is -2.40. The van der Waals surface area contributed by atoms with Crippen molar-refractivity contribution >= 4 is 5.69 Å². The standard InChI is InChI=1S/C19H22N2O3/c1-20-12-11-15-13-17(24-2)8-9-18(15)19(20)10-5-14-3-6-16(7-4-14)21(22)23/h3-4,6-9,13,19H,5,10-12H2,1-2H3. The van der Waals surface area contributed by atoms with Crippen molar-refractivity contribution in [3.63, 3.8) is 0 Å². The highest BCUT2D eigenvalue weighted by Gasteiger charge is 2.24. The molecule has 0 bridgehead atoms. The van der Waals surface area contributed by atoms with Gasteiger partial charge >= 0.3 is 0 Å². The summed E-state index contributed by atoms with van der Waals surface area (Å²) in [7, 11) is 3.86. The highest BCUT2D eigenvalue weighted by molar-refractivity contribution is 5.39. The van der Waals surface area contributed by atoms with Crippen LogP contribution in [0, 0.1) is 10.1 Å². The van der Waals surface area contributed by atoms with Gasteiger partial charge in [0, 0.05) is 24.7 Å². The number of aryl methyl sites for hydroxylation is 1. The van der Waals surface area contributed by atoms with E-state index in [-0.39, 0.29) is 10.6 Å². The molecule has 3 rings (SSSR count). The largest absolute Gasteiger partial charge is 0.497 e. The van der Waals surface area contributed by atoms with Crippen LogP contribution >= 0.6 is 0 Å². The van der Waals surface area contributed by atoms with E-state index in [1.54, 1.807) is 19.2 Å². The number of nitrogens with zero attached hydrogens (tertiary/aromatic N) is 2. The molecule has 1 atom stereocenters. The minimum atomic E-state index is -0.359. The average molecular weight is 326 g/mol. The fourth-order valence-electron chi connectivity index (χ4n) is 3.40. The lowest BCUT2D eigenvalue weighted by Crippen LogP contribution is -2.32. The number of non-ortho nitro benzene ring substituents is 1. The summed E-state index contributed by atoms with van der Waals surface area (Å²) in [5.74, 6) is 0.910. The highest BCUT2D eigenvalue weighted by Crippen LogP contribution is 2.34. The third-order valence-electron chi connectivity index (χ3n) is 4.83. The molecule has 0 amide bonds. The highest BCUT2D eigenvalue weighted by atomic mass is 16.6. The molecule has 0 fully saturated rings. The van der Waals surface area contributed by atoms with Crippen molar-refractivity contribution in [3.05, 3.63) is 69.3 Å². The van der Waals surface area contributed by atoms with Crippen LogP contribution in [-0.2, 0) is 12.8 Å². The Labute approximate surface area is 142 Å². The van der Waals surface area contributed by atoms with E-state index in [0.29, 0.717) is 6.04 Å². The average Bonchev–Trinajstić information content (AvgIpc) is 2.60. The van der Waals surface area contributed by atoms with Crippen molar-refractivity contribution in [2.24, 2.45) is 0 Å². The summed E-state index contributed by atoms with van der Waals surface area (Å²) in [6.07, 6.45) is 2.93. The lowest BCUT2D eigenvalue weighted by atomic mass is 9.89. The first-order valence-corrected chi connectivity index (χ1v) is 8.19. The molecule has 2 aromatic carbocycles. The predicted molar refractivity (Wildman–Crippen MR) is 93.5 cm³/mol. The number of fused-ring (bicyclic) bond motifs is 1. The third-order valence-corrected chi connectivity index (χ3v) is 4.83. The molecule has 126 valence electrons. The fourth-order valence-corrected chi connectivity index (χ4v) is 3.40. The Kier molecular flexibility index (Phi) is 4.81. The Morgan fingerprint density at radius 1 is 1.25 bits per heavy atom. The Balaban J connectivity index is 1.74. The summed E-state index contributed by atoms with van der Waals surface area (Å²) in [4.78, 5) is 12.8. The van der Waals surface area contributed by atoms with Crippen LogP contribution < -0.4 is 4.74 Å². The molecule has 0 aliphatic carbocycles. The van der Waals surface area contributed by atoms with Gasteiger partial charge < -0.3 is 4.74 Å². The molecule has 1 aliphatic heterocycles. The number of hydrogen-bond acceptors (Lipinski definition) is 4. The van der Waals surface area contributed by atoms with E-state index in [4.69, 9.17) is 4.74 Å². The van der Waals surface area contributed by atoms with Crippen molar-refractivity contribution in [2.75, 3.05) is 20.7 Å². The monoisotopic (exact) mass is 326 g/mol. The molecular weight excluding hydrogens is 304 g/mol. The molecular formula is C19H22N2O3. The number of methoxy groups -OCH3 is 1. The maximum atomic E-state index is 10.7. The van der Waals surface area contributed by atoms with Gasteiger partial charge in [-0.15, -0.1) is 0 Å². The molecule has 24 heavy (non-hydrogen) atoms. The normalized spacial score (nSPS) is 17.3. The van der Waals surface area contributed by atoms with Crippen molar-refractivity contribution in [3.8, 4) is 5.75 Å². The molecule has 0 saturated heterocycles. The van der Waals surface area contributed by atoms with Crippen LogP contribution in [0.15, 0.2) is 42.5 Å². The molecule has 2 aromatic rings. The van der Waals surface area contributed by atoms with Gasteiger partial charge in [0.15, 0.2) is 0 Å². The van der Waals surface area contributed by atoms with E-state index < -0.39 is 0 Å². The molecule has 1 unspecified atom stereocenters. The zero-order chi connectivity index (χ0) is 17.1. The van der Waals surface area contributed by atoms with Crippen LogP contribution in [0.4, 0.5) is 5.69 Å². The van der Waals surface area contributed by atoms with E-state index in [1.807, 2.05) is 18.2 Å². The number of nitro groups is 1. The van der Waals surface area contributed by atoms with Crippen LogP contribution in [0.3, 0.4) is 0 Å². The minimum absolute atomic E-state index is 0.144. The predicted octanol–water partition coefficient (Wildman–Crippen LogP) is 3.77. The Morgan fingerprint density at radius 3 is 2.67 bits per heavy atom. The van der Waals surface area contributed by atoms with Gasteiger partial charge in [-0.25, -0.2) is 0 Å².